The van der Waals surface area contributed by atoms with Gasteiger partial charge in [0, 0.05) is 16.1 Å². The third-order valence-electron chi connectivity index (χ3n) is 2.33. The van der Waals surface area contributed by atoms with Crippen LogP contribution < -0.4 is 5.56 Å². The van der Waals surface area contributed by atoms with Crippen molar-refractivity contribution in [3.05, 3.63) is 62.0 Å². The number of aromatic nitrogens is 2. The Kier molecular flexibility index (Phi) is 3.50. The first-order valence-corrected chi connectivity index (χ1v) is 5.80. The van der Waals surface area contributed by atoms with Crippen LogP contribution in [0.15, 0.2) is 35.1 Å². The first-order valence-electron chi connectivity index (χ1n) is 5.05. The van der Waals surface area contributed by atoms with E-state index < -0.39 is 0 Å². The van der Waals surface area contributed by atoms with Gasteiger partial charge in [-0.1, -0.05) is 23.2 Å². The maximum atomic E-state index is 11.6. The summed E-state index contributed by atoms with van der Waals surface area (Å²) in [4.78, 5) is 11.6. The zero-order valence-electron chi connectivity index (χ0n) is 9.15. The van der Waals surface area contributed by atoms with Gasteiger partial charge >= 0.3 is 0 Å². The normalized spacial score (nSPS) is 10.5. The van der Waals surface area contributed by atoms with E-state index >= 15 is 0 Å². The van der Waals surface area contributed by atoms with Crippen molar-refractivity contribution in [1.29, 1.82) is 0 Å². The molecule has 2 rings (SSSR count). The lowest BCUT2D eigenvalue weighted by Crippen LogP contribution is -2.23. The molecule has 2 aromatic rings. The molecule has 5 heteroatoms. The molecule has 0 radical (unpaired) electrons. The van der Waals surface area contributed by atoms with Gasteiger partial charge in [-0.15, -0.1) is 0 Å². The minimum Gasteiger partial charge on any atom is -0.268 e. The van der Waals surface area contributed by atoms with Crippen LogP contribution in [0.5, 0.6) is 0 Å². The Morgan fingerprint density at radius 1 is 1.24 bits per heavy atom. The number of nitrogens with zero attached hydrogens (tertiary/aromatic N) is 2. The van der Waals surface area contributed by atoms with E-state index in [1.165, 1.54) is 10.7 Å². The molecule has 1 heterocycles. The molecule has 0 spiro atoms. The summed E-state index contributed by atoms with van der Waals surface area (Å²) in [6, 6.07) is 8.32. The number of halogens is 2. The van der Waals surface area contributed by atoms with E-state index in [0.29, 0.717) is 16.6 Å². The summed E-state index contributed by atoms with van der Waals surface area (Å²) in [7, 11) is 0. The van der Waals surface area contributed by atoms with E-state index in [1.54, 1.807) is 24.3 Å². The summed E-state index contributed by atoms with van der Waals surface area (Å²) in [5, 5.41) is 5.30. The van der Waals surface area contributed by atoms with Gasteiger partial charge in [0.25, 0.3) is 5.56 Å². The molecular formula is C12H10Cl2N2O. The maximum Gasteiger partial charge on any atom is 0.267 e. The molecule has 0 unspecified atom stereocenters. The van der Waals surface area contributed by atoms with Crippen LogP contribution in [0.3, 0.4) is 0 Å². The predicted octanol–water partition coefficient (Wildman–Crippen LogP) is 2.91. The van der Waals surface area contributed by atoms with Crippen LogP contribution in [0.25, 0.3) is 0 Å². The van der Waals surface area contributed by atoms with Crippen molar-refractivity contribution in [2.75, 3.05) is 0 Å². The average molecular weight is 269 g/mol. The van der Waals surface area contributed by atoms with Crippen LogP contribution in [0.1, 0.15) is 11.3 Å². The van der Waals surface area contributed by atoms with Crippen LogP contribution in [-0.4, -0.2) is 9.78 Å². The molecule has 0 bridgehead atoms. The van der Waals surface area contributed by atoms with Gasteiger partial charge in [-0.05, 0) is 36.8 Å². The van der Waals surface area contributed by atoms with Gasteiger partial charge in [-0.25, -0.2) is 4.68 Å². The number of rotatable bonds is 2. The van der Waals surface area contributed by atoms with E-state index in [2.05, 4.69) is 5.10 Å². The summed E-state index contributed by atoms with van der Waals surface area (Å²) < 4.78 is 1.37. The van der Waals surface area contributed by atoms with Crippen molar-refractivity contribution in [2.24, 2.45) is 0 Å². The number of benzene rings is 1. The lowest BCUT2D eigenvalue weighted by Gasteiger charge is -2.07. The summed E-state index contributed by atoms with van der Waals surface area (Å²) in [6.45, 7) is 2.15. The predicted molar refractivity (Wildman–Crippen MR) is 68.8 cm³/mol. The maximum absolute atomic E-state index is 11.6. The van der Waals surface area contributed by atoms with Crippen molar-refractivity contribution >= 4 is 23.2 Å². The third-order valence-corrected chi connectivity index (χ3v) is 2.93. The molecule has 0 aliphatic rings. The monoisotopic (exact) mass is 268 g/mol. The highest BCUT2D eigenvalue weighted by atomic mass is 35.5. The summed E-state index contributed by atoms with van der Waals surface area (Å²) in [5.74, 6) is 0. The molecule has 1 aromatic heterocycles. The Balaban J connectivity index is 2.41. The molecular weight excluding hydrogens is 259 g/mol. The Hall–Kier alpha value is -1.32. The van der Waals surface area contributed by atoms with Gasteiger partial charge in [-0.2, -0.15) is 5.10 Å². The van der Waals surface area contributed by atoms with Crippen molar-refractivity contribution in [3.8, 4) is 0 Å². The molecule has 0 aliphatic heterocycles. The van der Waals surface area contributed by atoms with Crippen molar-refractivity contribution in [3.63, 3.8) is 0 Å². The molecule has 0 saturated heterocycles. The van der Waals surface area contributed by atoms with Crippen molar-refractivity contribution in [2.45, 2.75) is 13.5 Å². The highest BCUT2D eigenvalue weighted by Crippen LogP contribution is 2.20. The molecule has 88 valence electrons. The van der Waals surface area contributed by atoms with E-state index in [4.69, 9.17) is 23.2 Å². The van der Waals surface area contributed by atoms with Gasteiger partial charge in [0.05, 0.1) is 12.2 Å². The van der Waals surface area contributed by atoms with Gasteiger partial charge in [0.15, 0.2) is 0 Å². The van der Waals surface area contributed by atoms with E-state index in [1.807, 2.05) is 6.92 Å². The van der Waals surface area contributed by atoms with Gasteiger partial charge in [-0.3, -0.25) is 4.79 Å². The average Bonchev–Trinajstić information content (AvgIpc) is 2.28. The lowest BCUT2D eigenvalue weighted by molar-refractivity contribution is 0.628. The van der Waals surface area contributed by atoms with Crippen LogP contribution in [0, 0.1) is 6.92 Å². The Labute approximate surface area is 109 Å². The summed E-state index contributed by atoms with van der Waals surface area (Å²) in [6.07, 6.45) is 0. The molecule has 0 fully saturated rings. The molecule has 17 heavy (non-hydrogen) atoms. The van der Waals surface area contributed by atoms with Crippen LogP contribution in [0.4, 0.5) is 0 Å². The second kappa shape index (κ2) is 4.90. The second-order valence-electron chi connectivity index (χ2n) is 3.71. The van der Waals surface area contributed by atoms with E-state index in [9.17, 15) is 4.79 Å². The lowest BCUT2D eigenvalue weighted by atomic mass is 10.2. The van der Waals surface area contributed by atoms with E-state index in [0.717, 1.165) is 11.3 Å². The standard InChI is InChI=1S/C12H10Cl2N2O/c1-8-2-5-12(17)16(15-8)7-9-6-10(13)3-4-11(9)14/h2-6H,7H2,1H3. The summed E-state index contributed by atoms with van der Waals surface area (Å²) >= 11 is 11.9. The van der Waals surface area contributed by atoms with E-state index in [-0.39, 0.29) is 5.56 Å². The van der Waals surface area contributed by atoms with Gasteiger partial charge in [0.1, 0.15) is 0 Å². The highest BCUT2D eigenvalue weighted by molar-refractivity contribution is 6.33. The zero-order chi connectivity index (χ0) is 12.4. The fourth-order valence-corrected chi connectivity index (χ4v) is 1.86. The number of aryl methyl sites for hydroxylation is 1. The molecule has 1 aromatic carbocycles. The van der Waals surface area contributed by atoms with Gasteiger partial charge in [0.2, 0.25) is 0 Å². The quantitative estimate of drug-likeness (QED) is 0.840. The highest BCUT2D eigenvalue weighted by Gasteiger charge is 2.05. The Bertz CT molecular complexity index is 608. The minimum atomic E-state index is -0.161. The SMILES string of the molecule is Cc1ccc(=O)n(Cc2cc(Cl)ccc2Cl)n1. The number of hydrogen-bond acceptors (Lipinski definition) is 2. The van der Waals surface area contributed by atoms with Crippen LogP contribution in [0.2, 0.25) is 10.0 Å². The topological polar surface area (TPSA) is 34.9 Å². The smallest absolute Gasteiger partial charge is 0.267 e. The van der Waals surface area contributed by atoms with Crippen LogP contribution >= 0.6 is 23.2 Å². The fourth-order valence-electron chi connectivity index (χ4n) is 1.49. The first-order chi connectivity index (χ1) is 8.06. The molecule has 0 saturated carbocycles. The largest absolute Gasteiger partial charge is 0.268 e. The third kappa shape index (κ3) is 2.87. The number of hydrogen-bond donors (Lipinski definition) is 0. The van der Waals surface area contributed by atoms with Crippen molar-refractivity contribution in [1.82, 2.24) is 9.78 Å². The minimum absolute atomic E-state index is 0.161. The molecule has 0 amide bonds. The second-order valence-corrected chi connectivity index (χ2v) is 4.55. The Morgan fingerprint density at radius 3 is 2.76 bits per heavy atom. The van der Waals surface area contributed by atoms with Gasteiger partial charge < -0.3 is 0 Å². The Morgan fingerprint density at radius 2 is 2.00 bits per heavy atom. The molecule has 0 N–H and O–H groups in total. The molecule has 3 nitrogen and oxygen atoms in total. The van der Waals surface area contributed by atoms with Crippen molar-refractivity contribution < 1.29 is 0 Å². The fraction of sp³-hybridized carbons (Fsp3) is 0.167. The molecule has 0 aliphatic carbocycles. The summed E-state index contributed by atoms with van der Waals surface area (Å²) in [5.41, 5.74) is 1.40. The zero-order valence-corrected chi connectivity index (χ0v) is 10.7. The first kappa shape index (κ1) is 12.1. The molecule has 0 atom stereocenters. The van der Waals surface area contributed by atoms with Crippen LogP contribution in [-0.2, 0) is 6.54 Å².